The van der Waals surface area contributed by atoms with Gasteiger partial charge in [-0.3, -0.25) is 10.4 Å². The van der Waals surface area contributed by atoms with Crippen molar-refractivity contribution in [2.24, 2.45) is 17.6 Å². The number of nitrogens with one attached hydrogen (secondary N) is 1. The van der Waals surface area contributed by atoms with Crippen molar-refractivity contribution in [3.63, 3.8) is 0 Å². The van der Waals surface area contributed by atoms with E-state index in [1.165, 1.54) is 11.1 Å². The molecule has 0 aromatic carbocycles. The number of pyridine rings is 1. The number of nitrogens with zero attached hydrogens (tertiary/aromatic N) is 1. The van der Waals surface area contributed by atoms with E-state index in [0.29, 0.717) is 18.3 Å². The van der Waals surface area contributed by atoms with Crippen molar-refractivity contribution in [2.45, 2.75) is 25.7 Å². The smallest absolute Gasteiger partial charge is 0.0949 e. The van der Waals surface area contributed by atoms with Gasteiger partial charge in [-0.25, -0.2) is 0 Å². The predicted octanol–water partition coefficient (Wildman–Crippen LogP) is 3.96. The molecule has 3 nitrogen and oxygen atoms in total. The molecule has 2 atom stereocenters. The fraction of sp³-hybridized carbons (Fsp3) is 0.300. The van der Waals surface area contributed by atoms with Crippen molar-refractivity contribution in [3.05, 3.63) is 77.7 Å². The molecule has 2 aliphatic carbocycles. The molecular weight excluding hydrogens is 282 g/mol. The van der Waals surface area contributed by atoms with Crippen LogP contribution in [-0.2, 0) is 6.42 Å². The maximum Gasteiger partial charge on any atom is 0.0949 e. The molecule has 1 heterocycles. The van der Waals surface area contributed by atoms with E-state index in [2.05, 4.69) is 47.5 Å². The fourth-order valence-corrected chi connectivity index (χ4v) is 3.19. The highest BCUT2D eigenvalue weighted by Crippen LogP contribution is 2.30. The van der Waals surface area contributed by atoms with Gasteiger partial charge >= 0.3 is 0 Å². The van der Waals surface area contributed by atoms with Crippen LogP contribution >= 0.6 is 0 Å². The Morgan fingerprint density at radius 1 is 1.22 bits per heavy atom. The first-order chi connectivity index (χ1) is 11.2. The lowest BCUT2D eigenvalue weighted by molar-refractivity contribution is 0.634. The van der Waals surface area contributed by atoms with Crippen LogP contribution in [0.3, 0.4) is 0 Å². The lowest BCUT2D eigenvalue weighted by Gasteiger charge is -2.22. The summed E-state index contributed by atoms with van der Waals surface area (Å²) in [4.78, 5) is 4.19. The molecule has 1 aromatic rings. The largest absolute Gasteiger partial charge is 0.387 e. The Hall–Kier alpha value is -2.42. The van der Waals surface area contributed by atoms with Crippen LogP contribution in [0.1, 0.15) is 24.8 Å². The van der Waals surface area contributed by atoms with Gasteiger partial charge in [0, 0.05) is 24.7 Å². The summed E-state index contributed by atoms with van der Waals surface area (Å²) in [6.45, 7) is 0. The van der Waals surface area contributed by atoms with Gasteiger partial charge in [-0.2, -0.15) is 0 Å². The van der Waals surface area contributed by atoms with Crippen LogP contribution in [0.15, 0.2) is 72.1 Å². The average Bonchev–Trinajstić information content (AvgIpc) is 2.57. The molecule has 0 fully saturated rings. The summed E-state index contributed by atoms with van der Waals surface area (Å²) in [5.74, 6) is 1.26. The number of hydrogen-bond acceptors (Lipinski definition) is 2. The zero-order chi connectivity index (χ0) is 16.1. The minimum atomic E-state index is 0.231. The Balaban J connectivity index is 1.54. The van der Waals surface area contributed by atoms with Crippen LogP contribution in [0.5, 0.6) is 0 Å². The molecular formula is C20H23N3. The van der Waals surface area contributed by atoms with Gasteiger partial charge < -0.3 is 5.73 Å². The molecule has 0 bridgehead atoms. The van der Waals surface area contributed by atoms with Crippen molar-refractivity contribution in [2.75, 3.05) is 0 Å². The third-order valence-corrected chi connectivity index (χ3v) is 4.44. The molecule has 0 saturated carbocycles. The Morgan fingerprint density at radius 3 is 2.74 bits per heavy atom. The molecule has 23 heavy (non-hydrogen) atoms. The Kier molecular flexibility index (Phi) is 4.86. The van der Waals surface area contributed by atoms with Gasteiger partial charge in [0.1, 0.15) is 0 Å². The SMILES string of the molecule is N=C(N)CC1=CCC(C2=CCC(Cc3cccnc3)C=C2)C=C1. The molecule has 118 valence electrons. The van der Waals surface area contributed by atoms with E-state index in [0.717, 1.165) is 24.8 Å². The first kappa shape index (κ1) is 15.5. The van der Waals surface area contributed by atoms with Crippen molar-refractivity contribution in [3.8, 4) is 0 Å². The van der Waals surface area contributed by atoms with Crippen molar-refractivity contribution in [1.82, 2.24) is 4.98 Å². The lowest BCUT2D eigenvalue weighted by atomic mass is 9.83. The van der Waals surface area contributed by atoms with E-state index in [-0.39, 0.29) is 5.84 Å². The summed E-state index contributed by atoms with van der Waals surface area (Å²) in [6.07, 6.45) is 21.1. The number of amidine groups is 1. The molecule has 0 spiro atoms. The van der Waals surface area contributed by atoms with Crippen LogP contribution in [0, 0.1) is 17.2 Å². The maximum atomic E-state index is 7.37. The summed E-state index contributed by atoms with van der Waals surface area (Å²) >= 11 is 0. The summed E-state index contributed by atoms with van der Waals surface area (Å²) in [6, 6.07) is 4.15. The Bertz CT molecular complexity index is 680. The van der Waals surface area contributed by atoms with Crippen LogP contribution in [-0.4, -0.2) is 10.8 Å². The number of allylic oxidation sites excluding steroid dienone is 7. The second-order valence-corrected chi connectivity index (χ2v) is 6.31. The lowest BCUT2D eigenvalue weighted by Crippen LogP contribution is -2.12. The van der Waals surface area contributed by atoms with Crippen LogP contribution in [0.25, 0.3) is 0 Å². The number of aromatic nitrogens is 1. The van der Waals surface area contributed by atoms with Crippen molar-refractivity contribution >= 4 is 5.84 Å². The van der Waals surface area contributed by atoms with Gasteiger partial charge in [0.2, 0.25) is 0 Å². The quantitative estimate of drug-likeness (QED) is 0.639. The Labute approximate surface area is 137 Å². The second-order valence-electron chi connectivity index (χ2n) is 6.31. The molecule has 2 unspecified atom stereocenters. The van der Waals surface area contributed by atoms with Crippen molar-refractivity contribution < 1.29 is 0 Å². The molecule has 2 aliphatic rings. The first-order valence-corrected chi connectivity index (χ1v) is 8.18. The average molecular weight is 305 g/mol. The normalized spacial score (nSPS) is 23.3. The van der Waals surface area contributed by atoms with E-state index in [1.54, 1.807) is 0 Å². The standard InChI is InChI=1S/C20H23N3/c21-20(22)13-16-5-9-19(10-6-16)18-7-3-15(4-8-18)12-17-2-1-11-23-14-17/h1-3,5-9,11,14-15,19H,4,10,12-13H2,(H3,21,22). The highest BCUT2D eigenvalue weighted by atomic mass is 14.7. The predicted molar refractivity (Wildman–Crippen MR) is 95.1 cm³/mol. The molecule has 0 amide bonds. The molecule has 3 N–H and O–H groups in total. The van der Waals surface area contributed by atoms with E-state index in [4.69, 9.17) is 11.1 Å². The monoisotopic (exact) mass is 305 g/mol. The fourth-order valence-electron chi connectivity index (χ4n) is 3.19. The number of nitrogens with two attached hydrogens (primary N) is 1. The summed E-state index contributed by atoms with van der Waals surface area (Å²) in [7, 11) is 0. The molecule has 0 aliphatic heterocycles. The van der Waals surface area contributed by atoms with Crippen molar-refractivity contribution in [1.29, 1.82) is 5.41 Å². The maximum absolute atomic E-state index is 7.37. The number of rotatable bonds is 5. The zero-order valence-corrected chi connectivity index (χ0v) is 13.3. The van der Waals surface area contributed by atoms with E-state index >= 15 is 0 Å². The summed E-state index contributed by atoms with van der Waals surface area (Å²) in [5, 5.41) is 7.37. The summed E-state index contributed by atoms with van der Waals surface area (Å²) < 4.78 is 0. The molecule has 0 saturated heterocycles. The first-order valence-electron chi connectivity index (χ1n) is 8.18. The van der Waals surface area contributed by atoms with Gasteiger partial charge in [0.25, 0.3) is 0 Å². The molecule has 1 aromatic heterocycles. The molecule has 3 rings (SSSR count). The zero-order valence-electron chi connectivity index (χ0n) is 13.3. The van der Waals surface area contributed by atoms with Gasteiger partial charge in [-0.1, -0.05) is 42.5 Å². The summed E-state index contributed by atoms with van der Waals surface area (Å²) in [5.41, 5.74) is 9.32. The van der Waals surface area contributed by atoms with Crippen LogP contribution in [0.4, 0.5) is 0 Å². The minimum absolute atomic E-state index is 0.231. The molecule has 0 radical (unpaired) electrons. The highest BCUT2D eigenvalue weighted by molar-refractivity contribution is 5.80. The van der Waals surface area contributed by atoms with E-state index in [1.807, 2.05) is 18.5 Å². The minimum Gasteiger partial charge on any atom is -0.387 e. The molecule has 3 heteroatoms. The van der Waals surface area contributed by atoms with Gasteiger partial charge in [-0.15, -0.1) is 0 Å². The van der Waals surface area contributed by atoms with Gasteiger partial charge in [0.15, 0.2) is 0 Å². The number of hydrogen-bond donors (Lipinski definition) is 2. The van der Waals surface area contributed by atoms with Gasteiger partial charge in [0.05, 0.1) is 5.84 Å². The van der Waals surface area contributed by atoms with E-state index < -0.39 is 0 Å². The third kappa shape index (κ3) is 4.28. The van der Waals surface area contributed by atoms with Crippen LogP contribution in [0.2, 0.25) is 0 Å². The topological polar surface area (TPSA) is 62.8 Å². The van der Waals surface area contributed by atoms with E-state index in [9.17, 15) is 0 Å². The van der Waals surface area contributed by atoms with Gasteiger partial charge in [-0.05, 0) is 48.0 Å². The Morgan fingerprint density at radius 2 is 2.13 bits per heavy atom. The highest BCUT2D eigenvalue weighted by Gasteiger charge is 2.16. The second kappa shape index (κ2) is 7.23. The van der Waals surface area contributed by atoms with Crippen LogP contribution < -0.4 is 5.73 Å². The third-order valence-electron chi connectivity index (χ3n) is 4.44.